The van der Waals surface area contributed by atoms with Gasteiger partial charge < -0.3 is 5.32 Å². The molecule has 1 N–H and O–H groups in total. The Morgan fingerprint density at radius 1 is 1.03 bits per heavy atom. The van der Waals surface area contributed by atoms with Crippen LogP contribution >= 0.6 is 0 Å². The minimum atomic E-state index is -0.408. The van der Waals surface area contributed by atoms with Crippen LogP contribution in [-0.4, -0.2) is 30.4 Å². The number of pyridine rings is 1. The predicted molar refractivity (Wildman–Crippen MR) is 128 cm³/mol. The largest absolute Gasteiger partial charge is 0.342 e. The molecule has 8 nitrogen and oxygen atoms in total. The summed E-state index contributed by atoms with van der Waals surface area (Å²) in [6.45, 7) is 2.37. The molecule has 0 bridgehead atoms. The maximum atomic E-state index is 13.5. The maximum absolute atomic E-state index is 13.5. The fourth-order valence-electron chi connectivity index (χ4n) is 4.26. The van der Waals surface area contributed by atoms with Gasteiger partial charge in [0.25, 0.3) is 11.5 Å². The van der Waals surface area contributed by atoms with E-state index in [-0.39, 0.29) is 11.5 Å². The van der Waals surface area contributed by atoms with Crippen LogP contribution in [0.25, 0.3) is 22.5 Å². The van der Waals surface area contributed by atoms with Gasteiger partial charge in [-0.2, -0.15) is 0 Å². The summed E-state index contributed by atoms with van der Waals surface area (Å²) in [6, 6.07) is 14.4. The summed E-state index contributed by atoms with van der Waals surface area (Å²) in [6.07, 6.45) is 7.30. The molecule has 0 aliphatic carbocycles. The molecule has 34 heavy (non-hydrogen) atoms. The van der Waals surface area contributed by atoms with Crippen LogP contribution in [0.4, 0.5) is 0 Å². The van der Waals surface area contributed by atoms with E-state index in [1.54, 1.807) is 36.1 Å². The highest BCUT2D eigenvalue weighted by Crippen LogP contribution is 2.26. The third-order valence-corrected chi connectivity index (χ3v) is 5.96. The Kier molecular flexibility index (Phi) is 5.95. The number of nitrogens with zero attached hydrogens (tertiary/aromatic N) is 5. The lowest BCUT2D eigenvalue weighted by Gasteiger charge is -2.20. The second-order valence-corrected chi connectivity index (χ2v) is 8.29. The molecule has 4 aromatic rings. The first-order valence-electron chi connectivity index (χ1n) is 11.3. The van der Waals surface area contributed by atoms with E-state index in [4.69, 9.17) is 4.98 Å². The Labute approximate surface area is 196 Å². The number of rotatable bonds is 4. The number of carbonyl (C=O) groups is 1. The molecule has 3 aromatic heterocycles. The number of aromatic nitrogens is 5. The van der Waals surface area contributed by atoms with E-state index in [0.29, 0.717) is 41.6 Å². The van der Waals surface area contributed by atoms with E-state index >= 15 is 0 Å². The maximum Gasteiger partial charge on any atom is 0.255 e. The number of nitrogens with one attached hydrogen (secondary N) is 1. The fourth-order valence-corrected chi connectivity index (χ4v) is 4.26. The minimum Gasteiger partial charge on any atom is -0.342 e. The van der Waals surface area contributed by atoms with Gasteiger partial charge in [0.2, 0.25) is 0 Å². The highest BCUT2D eigenvalue weighted by atomic mass is 16.2. The van der Waals surface area contributed by atoms with Gasteiger partial charge in [0.15, 0.2) is 0 Å². The van der Waals surface area contributed by atoms with Crippen molar-refractivity contribution in [3.05, 3.63) is 94.7 Å². The summed E-state index contributed by atoms with van der Waals surface area (Å²) in [5.41, 5.74) is 3.07. The Hall–Kier alpha value is -4.20. The molecule has 1 unspecified atom stereocenters. The summed E-state index contributed by atoms with van der Waals surface area (Å²) < 4.78 is 1.67. The van der Waals surface area contributed by atoms with Crippen molar-refractivity contribution in [2.75, 3.05) is 0 Å². The average molecular weight is 453 g/mol. The summed E-state index contributed by atoms with van der Waals surface area (Å²) in [5.74, 6) is 0.866. The third kappa shape index (κ3) is 4.34. The van der Waals surface area contributed by atoms with Crippen molar-refractivity contribution in [2.45, 2.75) is 38.8 Å². The quantitative estimate of drug-likeness (QED) is 0.506. The Morgan fingerprint density at radius 3 is 2.62 bits per heavy atom. The van der Waals surface area contributed by atoms with Gasteiger partial charge in [-0.3, -0.25) is 19.1 Å². The molecule has 0 fully saturated rings. The van der Waals surface area contributed by atoms with Gasteiger partial charge in [0.05, 0.1) is 23.0 Å². The molecule has 1 amide bonds. The van der Waals surface area contributed by atoms with Crippen LogP contribution in [0.2, 0.25) is 0 Å². The van der Waals surface area contributed by atoms with Crippen LogP contribution in [0.3, 0.4) is 0 Å². The zero-order chi connectivity index (χ0) is 23.5. The molecule has 5 rings (SSSR count). The molecule has 1 aromatic carbocycles. The zero-order valence-corrected chi connectivity index (χ0v) is 18.8. The summed E-state index contributed by atoms with van der Waals surface area (Å²) in [4.78, 5) is 44.1. The summed E-state index contributed by atoms with van der Waals surface area (Å²) >= 11 is 0. The van der Waals surface area contributed by atoms with Gasteiger partial charge in [0, 0.05) is 42.3 Å². The lowest BCUT2D eigenvalue weighted by atomic mass is 10.1. The van der Waals surface area contributed by atoms with Crippen LogP contribution in [0, 0.1) is 6.92 Å². The first-order valence-corrected chi connectivity index (χ1v) is 11.3. The Bertz CT molecular complexity index is 1390. The first-order chi connectivity index (χ1) is 16.6. The van der Waals surface area contributed by atoms with Crippen molar-refractivity contribution < 1.29 is 4.79 Å². The number of carbonyl (C=O) groups excluding carboxylic acids is 1. The lowest BCUT2D eigenvalue weighted by molar-refractivity contribution is 0.0932. The average Bonchev–Trinajstić information content (AvgIpc) is 3.07. The van der Waals surface area contributed by atoms with Gasteiger partial charge >= 0.3 is 0 Å². The van der Waals surface area contributed by atoms with Crippen LogP contribution in [0.5, 0.6) is 0 Å². The first kappa shape index (κ1) is 21.6. The third-order valence-electron chi connectivity index (χ3n) is 5.96. The SMILES string of the molecule is Cc1ncc(C(=O)NC2CCCCn3c2nc(-c2ccncc2)cc3=O)c(-c2ccccc2)n1. The molecule has 1 aliphatic heterocycles. The van der Waals surface area contributed by atoms with E-state index in [9.17, 15) is 9.59 Å². The zero-order valence-electron chi connectivity index (χ0n) is 18.8. The van der Waals surface area contributed by atoms with E-state index < -0.39 is 6.04 Å². The van der Waals surface area contributed by atoms with Crippen molar-refractivity contribution in [3.8, 4) is 22.5 Å². The lowest BCUT2D eigenvalue weighted by Crippen LogP contribution is -2.34. The molecule has 4 heterocycles. The number of fused-ring (bicyclic) bond motifs is 1. The fraction of sp³-hybridized carbons (Fsp3) is 0.231. The molecule has 0 saturated heterocycles. The smallest absolute Gasteiger partial charge is 0.255 e. The minimum absolute atomic E-state index is 0.124. The van der Waals surface area contributed by atoms with Crippen LogP contribution < -0.4 is 10.9 Å². The van der Waals surface area contributed by atoms with Gasteiger partial charge in [-0.25, -0.2) is 15.0 Å². The predicted octanol–water partition coefficient (Wildman–Crippen LogP) is 3.73. The van der Waals surface area contributed by atoms with Crippen molar-refractivity contribution in [1.82, 2.24) is 29.8 Å². The molecule has 0 saturated carbocycles. The summed E-state index contributed by atoms with van der Waals surface area (Å²) in [5, 5.41) is 3.11. The number of benzene rings is 1. The topological polar surface area (TPSA) is 103 Å². The van der Waals surface area contributed by atoms with Crippen LogP contribution in [0.15, 0.2) is 71.9 Å². The molecule has 0 spiro atoms. The van der Waals surface area contributed by atoms with Gasteiger partial charge in [-0.15, -0.1) is 0 Å². The molecular formula is C26H24N6O2. The molecule has 8 heteroatoms. The molecule has 170 valence electrons. The molecular weight excluding hydrogens is 428 g/mol. The van der Waals surface area contributed by atoms with Gasteiger partial charge in [-0.1, -0.05) is 30.3 Å². The van der Waals surface area contributed by atoms with E-state index in [1.165, 1.54) is 0 Å². The number of amides is 1. The highest BCUT2D eigenvalue weighted by Gasteiger charge is 2.26. The molecule has 1 atom stereocenters. The number of hydrogen-bond acceptors (Lipinski definition) is 6. The van der Waals surface area contributed by atoms with E-state index in [2.05, 4.69) is 20.3 Å². The van der Waals surface area contributed by atoms with Crippen molar-refractivity contribution >= 4 is 5.91 Å². The molecule has 0 radical (unpaired) electrons. The van der Waals surface area contributed by atoms with Gasteiger partial charge in [-0.05, 0) is 38.3 Å². The van der Waals surface area contributed by atoms with Crippen LogP contribution in [-0.2, 0) is 6.54 Å². The van der Waals surface area contributed by atoms with Crippen molar-refractivity contribution in [3.63, 3.8) is 0 Å². The Balaban J connectivity index is 1.53. The Morgan fingerprint density at radius 2 is 1.82 bits per heavy atom. The van der Waals surface area contributed by atoms with Crippen molar-refractivity contribution in [2.24, 2.45) is 0 Å². The monoisotopic (exact) mass is 452 g/mol. The standard InChI is InChI=1S/C26H24N6O2/c1-17-28-16-20(24(29-17)19-7-3-2-4-8-19)26(34)31-21-9-5-6-14-32-23(33)15-22(30-25(21)32)18-10-12-27-13-11-18/h2-4,7-8,10-13,15-16,21H,5-6,9,14H2,1H3,(H,31,34). The second-order valence-electron chi connectivity index (χ2n) is 8.29. The van der Waals surface area contributed by atoms with Gasteiger partial charge in [0.1, 0.15) is 11.6 Å². The number of hydrogen-bond donors (Lipinski definition) is 1. The summed E-state index contributed by atoms with van der Waals surface area (Å²) in [7, 11) is 0. The number of aryl methyl sites for hydroxylation is 1. The highest BCUT2D eigenvalue weighted by molar-refractivity contribution is 5.99. The van der Waals surface area contributed by atoms with Crippen LogP contribution in [0.1, 0.15) is 47.3 Å². The van der Waals surface area contributed by atoms with E-state index in [0.717, 1.165) is 24.0 Å². The second kappa shape index (κ2) is 9.35. The molecule has 1 aliphatic rings. The normalized spacial score (nSPS) is 15.3. The van der Waals surface area contributed by atoms with E-state index in [1.807, 2.05) is 42.5 Å². The van der Waals surface area contributed by atoms with Crippen molar-refractivity contribution in [1.29, 1.82) is 0 Å².